The van der Waals surface area contributed by atoms with E-state index in [1.807, 2.05) is 0 Å². The van der Waals surface area contributed by atoms with Crippen LogP contribution >= 0.6 is 23.2 Å². The second-order valence-corrected chi connectivity index (χ2v) is 7.68. The number of hydrogen-bond acceptors (Lipinski definition) is 5. The molecule has 1 aromatic carbocycles. The van der Waals surface area contributed by atoms with Crippen LogP contribution in [-0.2, 0) is 4.79 Å². The van der Waals surface area contributed by atoms with Crippen molar-refractivity contribution in [3.05, 3.63) is 40.1 Å². The highest BCUT2D eigenvalue weighted by Gasteiger charge is 2.22. The number of anilines is 2. The van der Waals surface area contributed by atoms with E-state index in [0.29, 0.717) is 40.4 Å². The molecule has 0 saturated carbocycles. The summed E-state index contributed by atoms with van der Waals surface area (Å²) in [6, 6.07) is 6.12. The van der Waals surface area contributed by atoms with E-state index in [-0.39, 0.29) is 12.5 Å². The highest BCUT2D eigenvalue weighted by Crippen LogP contribution is 2.30. The summed E-state index contributed by atoms with van der Waals surface area (Å²) < 4.78 is 4.94. The van der Waals surface area contributed by atoms with Crippen LogP contribution in [0.15, 0.2) is 28.8 Å². The Kier molecular flexibility index (Phi) is 7.35. The van der Waals surface area contributed by atoms with E-state index in [1.165, 1.54) is 4.90 Å². The maximum absolute atomic E-state index is 12.9. The van der Waals surface area contributed by atoms with Crippen LogP contribution in [0.5, 0.6) is 0 Å². The highest BCUT2D eigenvalue weighted by molar-refractivity contribution is 6.39. The van der Waals surface area contributed by atoms with Crippen molar-refractivity contribution in [2.24, 2.45) is 0 Å². The number of rotatable bonds is 7. The van der Waals surface area contributed by atoms with E-state index >= 15 is 0 Å². The molecule has 29 heavy (non-hydrogen) atoms. The van der Waals surface area contributed by atoms with Gasteiger partial charge in [-0.3, -0.25) is 4.79 Å². The molecule has 3 amide bonds. The molecule has 0 bridgehead atoms. The number of carbonyl (C=O) groups excluding carboxylic acids is 2. The van der Waals surface area contributed by atoms with E-state index in [9.17, 15) is 9.59 Å². The molecule has 2 N–H and O–H groups in total. The van der Waals surface area contributed by atoms with Crippen molar-refractivity contribution in [2.45, 2.75) is 19.8 Å². The van der Waals surface area contributed by atoms with Gasteiger partial charge in [0.05, 0.1) is 15.7 Å². The van der Waals surface area contributed by atoms with E-state index < -0.39 is 6.03 Å². The SMILES string of the molecule is Cc1cc(NC(=O)CN(CCN2CCCC2)C(=O)Nc2c(Cl)cccc2Cl)no1. The zero-order valence-corrected chi connectivity index (χ0v) is 17.6. The van der Waals surface area contributed by atoms with Crippen molar-refractivity contribution in [3.63, 3.8) is 0 Å². The predicted octanol–water partition coefficient (Wildman–Crippen LogP) is 3.86. The third-order valence-corrected chi connectivity index (χ3v) is 5.23. The van der Waals surface area contributed by atoms with Crippen LogP contribution < -0.4 is 10.6 Å². The minimum absolute atomic E-state index is 0.145. The molecule has 0 unspecified atom stereocenters. The number of aryl methyl sites for hydroxylation is 1. The molecule has 156 valence electrons. The maximum Gasteiger partial charge on any atom is 0.322 e. The van der Waals surface area contributed by atoms with Gasteiger partial charge in [0.1, 0.15) is 12.3 Å². The quantitative estimate of drug-likeness (QED) is 0.683. The standard InChI is InChI=1S/C19H23Cl2N5O3/c1-13-11-16(24-29-13)22-17(27)12-26(10-9-25-7-2-3-8-25)19(28)23-18-14(20)5-4-6-15(18)21/h4-6,11H,2-3,7-10,12H2,1H3,(H,23,28)(H,22,24,27). The number of nitrogens with zero attached hydrogens (tertiary/aromatic N) is 3. The number of carbonyl (C=O) groups is 2. The summed E-state index contributed by atoms with van der Waals surface area (Å²) in [4.78, 5) is 29.0. The van der Waals surface area contributed by atoms with Crippen LogP contribution in [0.25, 0.3) is 0 Å². The molecule has 0 spiro atoms. The van der Waals surface area contributed by atoms with Gasteiger partial charge in [0, 0.05) is 19.2 Å². The summed E-state index contributed by atoms with van der Waals surface area (Å²) in [5.74, 6) is 0.513. The molecular weight excluding hydrogens is 417 g/mol. The van der Waals surface area contributed by atoms with E-state index in [0.717, 1.165) is 25.9 Å². The number of likely N-dealkylation sites (tertiary alicyclic amines) is 1. The highest BCUT2D eigenvalue weighted by atomic mass is 35.5. The number of amides is 3. The Bertz CT molecular complexity index is 847. The van der Waals surface area contributed by atoms with Crippen molar-refractivity contribution < 1.29 is 14.1 Å². The topological polar surface area (TPSA) is 90.7 Å². The van der Waals surface area contributed by atoms with Crippen molar-refractivity contribution in [2.75, 3.05) is 43.4 Å². The van der Waals surface area contributed by atoms with Crippen molar-refractivity contribution in [1.82, 2.24) is 15.0 Å². The Morgan fingerprint density at radius 3 is 2.52 bits per heavy atom. The summed E-state index contributed by atoms with van der Waals surface area (Å²) in [6.45, 7) is 4.64. The molecule has 0 aliphatic carbocycles. The number of nitrogens with one attached hydrogen (secondary N) is 2. The summed E-state index contributed by atoms with van der Waals surface area (Å²) in [7, 11) is 0. The molecule has 0 radical (unpaired) electrons. The minimum atomic E-state index is -0.453. The van der Waals surface area contributed by atoms with Crippen molar-refractivity contribution >= 4 is 46.6 Å². The third-order valence-electron chi connectivity index (χ3n) is 4.60. The first-order valence-corrected chi connectivity index (χ1v) is 10.1. The van der Waals surface area contributed by atoms with Crippen LogP contribution in [0, 0.1) is 6.92 Å². The van der Waals surface area contributed by atoms with Gasteiger partial charge >= 0.3 is 6.03 Å². The second-order valence-electron chi connectivity index (χ2n) is 6.87. The normalized spacial score (nSPS) is 14.0. The van der Waals surface area contributed by atoms with E-state index in [2.05, 4.69) is 20.7 Å². The van der Waals surface area contributed by atoms with Gasteiger partial charge < -0.3 is 25.0 Å². The second kappa shape index (κ2) is 9.96. The average molecular weight is 440 g/mol. The maximum atomic E-state index is 12.9. The Morgan fingerprint density at radius 2 is 1.90 bits per heavy atom. The number of aromatic nitrogens is 1. The molecule has 3 rings (SSSR count). The molecule has 1 fully saturated rings. The predicted molar refractivity (Wildman–Crippen MR) is 113 cm³/mol. The zero-order valence-electron chi connectivity index (χ0n) is 16.1. The number of urea groups is 1. The van der Waals surface area contributed by atoms with Gasteiger partial charge in [-0.15, -0.1) is 0 Å². The summed E-state index contributed by atoms with van der Waals surface area (Å²) in [5, 5.41) is 9.74. The molecular formula is C19H23Cl2N5O3. The average Bonchev–Trinajstić information content (AvgIpc) is 3.33. The Labute approximate surface area is 179 Å². The van der Waals surface area contributed by atoms with Gasteiger partial charge in [-0.2, -0.15) is 0 Å². The number of para-hydroxylation sites is 1. The lowest BCUT2D eigenvalue weighted by molar-refractivity contribution is -0.116. The fourth-order valence-corrected chi connectivity index (χ4v) is 3.60. The molecule has 10 heteroatoms. The molecule has 0 atom stereocenters. The van der Waals surface area contributed by atoms with Gasteiger partial charge in [0.25, 0.3) is 0 Å². The van der Waals surface area contributed by atoms with Crippen LogP contribution in [0.1, 0.15) is 18.6 Å². The first kappa shape index (κ1) is 21.4. The summed E-state index contributed by atoms with van der Waals surface area (Å²) in [6.07, 6.45) is 2.29. The molecule has 8 nitrogen and oxygen atoms in total. The number of halogens is 2. The molecule has 2 aromatic rings. The summed E-state index contributed by atoms with van der Waals surface area (Å²) >= 11 is 12.3. The number of benzene rings is 1. The van der Waals surface area contributed by atoms with Crippen LogP contribution in [0.4, 0.5) is 16.3 Å². The Balaban J connectivity index is 1.67. The monoisotopic (exact) mass is 439 g/mol. The lowest BCUT2D eigenvalue weighted by Crippen LogP contribution is -2.44. The van der Waals surface area contributed by atoms with Gasteiger partial charge in [0.2, 0.25) is 5.91 Å². The summed E-state index contributed by atoms with van der Waals surface area (Å²) in [5.41, 5.74) is 0.319. The third kappa shape index (κ3) is 6.09. The Hall–Kier alpha value is -2.29. The van der Waals surface area contributed by atoms with Gasteiger partial charge in [-0.05, 0) is 45.0 Å². The largest absolute Gasteiger partial charge is 0.360 e. The lowest BCUT2D eigenvalue weighted by Gasteiger charge is -2.25. The molecule has 1 saturated heterocycles. The first-order chi connectivity index (χ1) is 13.9. The van der Waals surface area contributed by atoms with Gasteiger partial charge in [-0.1, -0.05) is 34.4 Å². The van der Waals surface area contributed by atoms with Crippen LogP contribution in [-0.4, -0.2) is 59.6 Å². The molecule has 1 aliphatic heterocycles. The lowest BCUT2D eigenvalue weighted by atomic mass is 10.3. The van der Waals surface area contributed by atoms with Crippen LogP contribution in [0.2, 0.25) is 10.0 Å². The molecule has 1 aliphatic rings. The zero-order chi connectivity index (χ0) is 20.8. The molecule has 1 aromatic heterocycles. The fourth-order valence-electron chi connectivity index (χ4n) is 3.11. The minimum Gasteiger partial charge on any atom is -0.360 e. The fraction of sp³-hybridized carbons (Fsp3) is 0.421. The van der Waals surface area contributed by atoms with E-state index in [4.69, 9.17) is 27.7 Å². The number of hydrogen-bond donors (Lipinski definition) is 2. The van der Waals surface area contributed by atoms with Gasteiger partial charge in [0.15, 0.2) is 5.82 Å². The Morgan fingerprint density at radius 1 is 1.21 bits per heavy atom. The van der Waals surface area contributed by atoms with Gasteiger partial charge in [-0.25, -0.2) is 4.79 Å². The smallest absolute Gasteiger partial charge is 0.322 e. The van der Waals surface area contributed by atoms with E-state index in [1.54, 1.807) is 31.2 Å². The van der Waals surface area contributed by atoms with Crippen LogP contribution in [0.3, 0.4) is 0 Å². The molecule has 2 heterocycles. The first-order valence-electron chi connectivity index (χ1n) is 9.38. The van der Waals surface area contributed by atoms with Crippen molar-refractivity contribution in [1.29, 1.82) is 0 Å². The van der Waals surface area contributed by atoms with Crippen molar-refractivity contribution in [3.8, 4) is 0 Å².